The predicted octanol–water partition coefficient (Wildman–Crippen LogP) is 2.45. The first-order valence-electron chi connectivity index (χ1n) is 11.0. The van der Waals surface area contributed by atoms with E-state index in [1.807, 2.05) is 25.4 Å². The third kappa shape index (κ3) is 3.79. The highest BCUT2D eigenvalue weighted by Gasteiger charge is 2.36. The quantitative estimate of drug-likeness (QED) is 0.406. The minimum absolute atomic E-state index is 0.0285. The number of fused-ring (bicyclic) bond motifs is 1. The zero-order valence-electron chi connectivity index (χ0n) is 18.2. The fraction of sp³-hybridized carbons (Fsp3) is 0.261. The average molecular weight is 460 g/mol. The normalized spacial score (nSPS) is 17.6. The number of hydrogen-bond donors (Lipinski definition) is 3. The summed E-state index contributed by atoms with van der Waals surface area (Å²) in [6.45, 7) is 0.0285. The van der Waals surface area contributed by atoms with E-state index in [0.717, 1.165) is 24.0 Å². The molecular weight excluding hydrogens is 439 g/mol. The van der Waals surface area contributed by atoms with Crippen LogP contribution in [0.5, 0.6) is 0 Å². The Kier molecular flexibility index (Phi) is 4.84. The second kappa shape index (κ2) is 8.03. The first-order chi connectivity index (χ1) is 16.5. The zero-order chi connectivity index (χ0) is 23.2. The summed E-state index contributed by atoms with van der Waals surface area (Å²) < 4.78 is 16.6. The Morgan fingerprint density at radius 1 is 1.29 bits per heavy atom. The molecule has 2 aliphatic rings. The van der Waals surface area contributed by atoms with Crippen molar-refractivity contribution >= 4 is 22.9 Å². The summed E-state index contributed by atoms with van der Waals surface area (Å²) in [6.07, 6.45) is 7.00. The van der Waals surface area contributed by atoms with Crippen molar-refractivity contribution in [1.82, 2.24) is 35.5 Å². The van der Waals surface area contributed by atoms with Crippen LogP contribution in [0.25, 0.3) is 33.7 Å². The van der Waals surface area contributed by atoms with Crippen molar-refractivity contribution in [2.24, 2.45) is 18.0 Å². The highest BCUT2D eigenvalue weighted by molar-refractivity contribution is 6.37. The average Bonchev–Trinajstić information content (AvgIpc) is 3.22. The van der Waals surface area contributed by atoms with Gasteiger partial charge in [-0.15, -0.1) is 0 Å². The molecular formula is C23H21FN8O2. The number of carbonyl (C=O) groups excluding carboxylic acids is 1. The lowest BCUT2D eigenvalue weighted by Crippen LogP contribution is -2.36. The maximum absolute atomic E-state index is 14.9. The van der Waals surface area contributed by atoms with Crippen molar-refractivity contribution in [3.05, 3.63) is 54.2 Å². The largest absolute Gasteiger partial charge is 0.345 e. The molecule has 1 aliphatic carbocycles. The number of aromatic amines is 1. The third-order valence-corrected chi connectivity index (χ3v) is 5.95. The van der Waals surface area contributed by atoms with E-state index in [-0.39, 0.29) is 18.6 Å². The SMILES string of the molecule is Cn1cc(-c2nc3nccc(-c4ccc(CNC(=O)C5=NC(C6CC6)ON5)c(F)c4)c3[nH]2)cn1. The van der Waals surface area contributed by atoms with Gasteiger partial charge in [-0.25, -0.2) is 29.7 Å². The summed E-state index contributed by atoms with van der Waals surface area (Å²) in [5.41, 5.74) is 6.44. The smallest absolute Gasteiger partial charge is 0.288 e. The number of amides is 1. The van der Waals surface area contributed by atoms with Crippen LogP contribution in [-0.4, -0.2) is 42.7 Å². The van der Waals surface area contributed by atoms with Crippen molar-refractivity contribution in [2.45, 2.75) is 25.6 Å². The van der Waals surface area contributed by atoms with Gasteiger partial charge in [0.1, 0.15) is 11.6 Å². The molecule has 10 nitrogen and oxygen atoms in total. The van der Waals surface area contributed by atoms with Crippen LogP contribution < -0.4 is 10.8 Å². The van der Waals surface area contributed by atoms with Crippen LogP contribution >= 0.6 is 0 Å². The molecule has 6 rings (SSSR count). The fourth-order valence-electron chi connectivity index (χ4n) is 3.93. The first kappa shape index (κ1) is 20.5. The van der Waals surface area contributed by atoms with Gasteiger partial charge >= 0.3 is 0 Å². The fourth-order valence-corrected chi connectivity index (χ4v) is 3.93. The van der Waals surface area contributed by atoms with Gasteiger partial charge in [-0.1, -0.05) is 12.1 Å². The van der Waals surface area contributed by atoms with Crippen molar-refractivity contribution in [2.75, 3.05) is 0 Å². The second-order valence-corrected chi connectivity index (χ2v) is 8.46. The zero-order valence-corrected chi connectivity index (χ0v) is 18.2. The summed E-state index contributed by atoms with van der Waals surface area (Å²) in [5.74, 6) is 0.278. The van der Waals surface area contributed by atoms with Gasteiger partial charge < -0.3 is 10.3 Å². The van der Waals surface area contributed by atoms with Crippen LogP contribution in [0.2, 0.25) is 0 Å². The number of aryl methyl sites for hydroxylation is 1. The van der Waals surface area contributed by atoms with Crippen LogP contribution in [0.15, 0.2) is 47.8 Å². The van der Waals surface area contributed by atoms with E-state index in [2.05, 4.69) is 35.8 Å². The van der Waals surface area contributed by atoms with E-state index in [4.69, 9.17) is 4.84 Å². The molecule has 172 valence electrons. The maximum Gasteiger partial charge on any atom is 0.288 e. The Hall–Kier alpha value is -4.12. The van der Waals surface area contributed by atoms with E-state index in [1.165, 1.54) is 6.07 Å². The van der Waals surface area contributed by atoms with E-state index in [9.17, 15) is 9.18 Å². The predicted molar refractivity (Wildman–Crippen MR) is 121 cm³/mol. The van der Waals surface area contributed by atoms with E-state index in [0.29, 0.717) is 34.0 Å². The molecule has 34 heavy (non-hydrogen) atoms. The molecule has 1 aromatic carbocycles. The molecule has 1 amide bonds. The maximum atomic E-state index is 14.9. The summed E-state index contributed by atoms with van der Waals surface area (Å²) in [5, 5.41) is 6.86. The Morgan fingerprint density at radius 3 is 2.94 bits per heavy atom. The van der Waals surface area contributed by atoms with Gasteiger partial charge in [0.05, 0.1) is 17.3 Å². The molecule has 11 heteroatoms. The van der Waals surface area contributed by atoms with Crippen molar-refractivity contribution in [3.8, 4) is 22.5 Å². The number of nitrogens with zero attached hydrogens (tertiary/aromatic N) is 5. The number of hydroxylamine groups is 1. The van der Waals surface area contributed by atoms with Gasteiger partial charge in [0.25, 0.3) is 5.91 Å². The number of rotatable bonds is 6. The topological polar surface area (TPSA) is 122 Å². The molecule has 0 bridgehead atoms. The Balaban J connectivity index is 1.21. The number of aromatic nitrogens is 5. The molecule has 1 fully saturated rings. The number of nitrogens with one attached hydrogen (secondary N) is 3. The Morgan fingerprint density at radius 2 is 2.18 bits per heavy atom. The number of imidazole rings is 1. The van der Waals surface area contributed by atoms with Crippen LogP contribution in [-0.2, 0) is 23.2 Å². The molecule has 0 spiro atoms. The molecule has 3 N–H and O–H groups in total. The molecule has 0 saturated heterocycles. The van der Waals surface area contributed by atoms with Gasteiger partial charge in [0.15, 0.2) is 11.9 Å². The van der Waals surface area contributed by atoms with Crippen LogP contribution in [0.3, 0.4) is 0 Å². The number of aliphatic imine (C=N–C) groups is 1. The van der Waals surface area contributed by atoms with Gasteiger partial charge in [0.2, 0.25) is 5.84 Å². The number of amidine groups is 1. The summed E-state index contributed by atoms with van der Waals surface area (Å²) in [7, 11) is 1.83. The Bertz CT molecular complexity index is 1440. The number of benzene rings is 1. The number of halogens is 1. The minimum Gasteiger partial charge on any atom is -0.345 e. The van der Waals surface area contributed by atoms with E-state index < -0.39 is 11.7 Å². The van der Waals surface area contributed by atoms with E-state index >= 15 is 0 Å². The Labute approximate surface area is 193 Å². The van der Waals surface area contributed by atoms with Gasteiger partial charge in [0, 0.05) is 43.0 Å². The molecule has 0 radical (unpaired) electrons. The lowest BCUT2D eigenvalue weighted by atomic mass is 10.0. The van der Waals surface area contributed by atoms with Crippen LogP contribution in [0.4, 0.5) is 4.39 Å². The monoisotopic (exact) mass is 460 g/mol. The number of carbonyl (C=O) groups is 1. The molecule has 4 heterocycles. The third-order valence-electron chi connectivity index (χ3n) is 5.95. The lowest BCUT2D eigenvalue weighted by molar-refractivity contribution is -0.115. The first-order valence-corrected chi connectivity index (χ1v) is 11.0. The number of hydrogen-bond acceptors (Lipinski definition) is 7. The van der Waals surface area contributed by atoms with E-state index in [1.54, 1.807) is 23.1 Å². The molecule has 1 aliphatic heterocycles. The van der Waals surface area contributed by atoms with Crippen molar-refractivity contribution < 1.29 is 14.0 Å². The molecule has 1 atom stereocenters. The second-order valence-electron chi connectivity index (χ2n) is 8.46. The van der Waals surface area contributed by atoms with Crippen LogP contribution in [0.1, 0.15) is 18.4 Å². The molecule has 4 aromatic rings. The summed E-state index contributed by atoms with van der Waals surface area (Å²) in [6, 6.07) is 6.72. The summed E-state index contributed by atoms with van der Waals surface area (Å²) in [4.78, 5) is 34.0. The minimum atomic E-state index is -0.428. The molecule has 3 aromatic heterocycles. The van der Waals surface area contributed by atoms with Crippen molar-refractivity contribution in [1.29, 1.82) is 0 Å². The number of pyridine rings is 1. The van der Waals surface area contributed by atoms with Crippen molar-refractivity contribution in [3.63, 3.8) is 0 Å². The molecule has 1 unspecified atom stereocenters. The van der Waals surface area contributed by atoms with Gasteiger partial charge in [-0.05, 0) is 30.5 Å². The van der Waals surface area contributed by atoms with Gasteiger partial charge in [-0.3, -0.25) is 9.48 Å². The summed E-state index contributed by atoms with van der Waals surface area (Å²) >= 11 is 0. The highest BCUT2D eigenvalue weighted by Crippen LogP contribution is 2.35. The van der Waals surface area contributed by atoms with Crippen LogP contribution in [0, 0.1) is 11.7 Å². The standard InChI is InChI=1S/C23H21FN8O2/c1-32-11-15(10-27-32)19-28-18-16(6-7-25-20(18)29-19)13-4-5-14(17(24)8-13)9-26-22(33)21-30-23(34-31-21)12-2-3-12/h4-8,10-12,23H,2-3,9H2,1H3,(H,26,33)(H,30,31)(H,25,28,29). The molecule has 1 saturated carbocycles. The number of H-pyrrole nitrogens is 1. The highest BCUT2D eigenvalue weighted by atomic mass is 19.1. The van der Waals surface area contributed by atoms with Gasteiger partial charge in [-0.2, -0.15) is 5.10 Å². The lowest BCUT2D eigenvalue weighted by Gasteiger charge is -2.09.